The Morgan fingerprint density at radius 3 is 1.69 bits per heavy atom. The lowest BCUT2D eigenvalue weighted by molar-refractivity contribution is 0.306. The number of halogens is 2. The first-order chi connectivity index (χ1) is 14.1. The van der Waals surface area contributed by atoms with Crippen LogP contribution in [0.3, 0.4) is 0 Å². The molecule has 4 heteroatoms. The first kappa shape index (κ1) is 18.7. The molecule has 0 radical (unpaired) electrons. The third-order valence-corrected chi connectivity index (χ3v) is 4.67. The van der Waals surface area contributed by atoms with E-state index in [0.29, 0.717) is 23.5 Å². The van der Waals surface area contributed by atoms with Crippen LogP contribution in [0.15, 0.2) is 91.0 Å². The van der Waals surface area contributed by atoms with Gasteiger partial charge in [0.1, 0.15) is 18.1 Å². The minimum atomic E-state index is -0.919. The highest BCUT2D eigenvalue weighted by Gasteiger charge is 2.16. The van der Waals surface area contributed by atoms with Crippen LogP contribution in [0.5, 0.6) is 11.5 Å². The topological polar surface area (TPSA) is 29.5 Å². The van der Waals surface area contributed by atoms with E-state index < -0.39 is 11.6 Å². The first-order valence-corrected chi connectivity index (χ1v) is 9.16. The van der Waals surface area contributed by atoms with Crippen molar-refractivity contribution >= 4 is 0 Å². The third kappa shape index (κ3) is 4.11. The van der Waals surface area contributed by atoms with E-state index in [9.17, 15) is 13.9 Å². The predicted molar refractivity (Wildman–Crippen MR) is 110 cm³/mol. The zero-order valence-corrected chi connectivity index (χ0v) is 15.5. The van der Waals surface area contributed by atoms with Crippen LogP contribution in [-0.2, 0) is 6.61 Å². The van der Waals surface area contributed by atoms with E-state index in [2.05, 4.69) is 0 Å². The number of ether oxygens (including phenoxy) is 1. The Kier molecular flexibility index (Phi) is 5.25. The summed E-state index contributed by atoms with van der Waals surface area (Å²) in [7, 11) is 0. The van der Waals surface area contributed by atoms with Crippen molar-refractivity contribution in [3.8, 4) is 33.8 Å². The molecule has 0 aromatic heterocycles. The summed E-state index contributed by atoms with van der Waals surface area (Å²) in [6, 6.07) is 25.7. The maximum Gasteiger partial charge on any atom is 0.167 e. The highest BCUT2D eigenvalue weighted by molar-refractivity contribution is 5.72. The molecule has 0 aliphatic heterocycles. The average Bonchev–Trinajstić information content (AvgIpc) is 2.76. The summed E-state index contributed by atoms with van der Waals surface area (Å²) in [6.45, 7) is 0.435. The number of phenolic OH excluding ortho intramolecular Hbond substituents is 1. The fourth-order valence-corrected chi connectivity index (χ4v) is 3.11. The van der Waals surface area contributed by atoms with Gasteiger partial charge in [-0.05, 0) is 41.0 Å². The van der Waals surface area contributed by atoms with Gasteiger partial charge >= 0.3 is 0 Å². The second kappa shape index (κ2) is 8.15. The molecular weight excluding hydrogens is 370 g/mol. The maximum atomic E-state index is 14.7. The fraction of sp³-hybridized carbons (Fsp3) is 0.0400. The van der Waals surface area contributed by atoms with E-state index in [1.165, 1.54) is 12.1 Å². The highest BCUT2D eigenvalue weighted by atomic mass is 19.2. The molecule has 0 fully saturated rings. The lowest BCUT2D eigenvalue weighted by Gasteiger charge is -2.11. The summed E-state index contributed by atoms with van der Waals surface area (Å²) in [5.41, 5.74) is 2.43. The molecule has 4 aromatic rings. The van der Waals surface area contributed by atoms with Crippen molar-refractivity contribution in [1.82, 2.24) is 0 Å². The van der Waals surface area contributed by atoms with Crippen molar-refractivity contribution < 1.29 is 18.6 Å². The van der Waals surface area contributed by atoms with Crippen molar-refractivity contribution in [2.75, 3.05) is 0 Å². The number of benzene rings is 4. The van der Waals surface area contributed by atoms with Crippen LogP contribution in [0.2, 0.25) is 0 Å². The van der Waals surface area contributed by atoms with Crippen molar-refractivity contribution in [3.05, 3.63) is 108 Å². The molecule has 0 bridgehead atoms. The van der Waals surface area contributed by atoms with E-state index in [1.54, 1.807) is 48.5 Å². The molecule has 4 rings (SSSR count). The van der Waals surface area contributed by atoms with E-state index >= 15 is 0 Å². The number of hydrogen-bond donors (Lipinski definition) is 1. The van der Waals surface area contributed by atoms with Crippen LogP contribution in [-0.4, -0.2) is 5.11 Å². The van der Waals surface area contributed by atoms with Gasteiger partial charge in [0.25, 0.3) is 0 Å². The second-order valence-corrected chi connectivity index (χ2v) is 6.63. The minimum absolute atomic E-state index is 0.0702. The third-order valence-electron chi connectivity index (χ3n) is 4.67. The van der Waals surface area contributed by atoms with Gasteiger partial charge in [0.05, 0.1) is 0 Å². The number of phenols is 1. The van der Waals surface area contributed by atoms with Gasteiger partial charge in [-0.3, -0.25) is 0 Å². The smallest absolute Gasteiger partial charge is 0.167 e. The molecule has 0 spiro atoms. The van der Waals surface area contributed by atoms with Crippen LogP contribution in [0.1, 0.15) is 5.56 Å². The normalized spacial score (nSPS) is 10.7. The molecule has 2 nitrogen and oxygen atoms in total. The number of aromatic hydroxyl groups is 1. The van der Waals surface area contributed by atoms with E-state index in [1.807, 2.05) is 30.3 Å². The second-order valence-electron chi connectivity index (χ2n) is 6.63. The minimum Gasteiger partial charge on any atom is -0.508 e. The molecule has 0 saturated heterocycles. The van der Waals surface area contributed by atoms with Gasteiger partial charge in [-0.25, -0.2) is 8.78 Å². The number of rotatable bonds is 5. The largest absolute Gasteiger partial charge is 0.508 e. The molecule has 1 N–H and O–H groups in total. The molecule has 29 heavy (non-hydrogen) atoms. The summed E-state index contributed by atoms with van der Waals surface area (Å²) in [6.07, 6.45) is 0. The molecule has 0 saturated carbocycles. The van der Waals surface area contributed by atoms with Crippen molar-refractivity contribution in [2.24, 2.45) is 0 Å². The summed E-state index contributed by atoms with van der Waals surface area (Å²) in [5.74, 6) is -1.11. The number of hydrogen-bond acceptors (Lipinski definition) is 2. The summed E-state index contributed by atoms with van der Waals surface area (Å²) < 4.78 is 35.1. The zero-order chi connectivity index (χ0) is 20.2. The first-order valence-electron chi connectivity index (χ1n) is 9.16. The summed E-state index contributed by atoms with van der Waals surface area (Å²) >= 11 is 0. The van der Waals surface area contributed by atoms with Gasteiger partial charge in [0, 0.05) is 11.1 Å². The van der Waals surface area contributed by atoms with Gasteiger partial charge in [0.15, 0.2) is 11.6 Å². The quantitative estimate of drug-likeness (QED) is 0.418. The molecule has 0 unspecified atom stereocenters. The van der Waals surface area contributed by atoms with Crippen LogP contribution < -0.4 is 4.74 Å². The van der Waals surface area contributed by atoms with Crippen molar-refractivity contribution in [1.29, 1.82) is 0 Å². The predicted octanol–water partition coefficient (Wildman–Crippen LogP) is 6.58. The summed E-state index contributed by atoms with van der Waals surface area (Å²) in [4.78, 5) is 0. The Hall–Kier alpha value is -3.66. The van der Waals surface area contributed by atoms with E-state index in [0.717, 1.165) is 5.56 Å². The Balaban J connectivity index is 1.55. The van der Waals surface area contributed by atoms with Crippen LogP contribution in [0.4, 0.5) is 8.78 Å². The molecule has 0 aliphatic rings. The van der Waals surface area contributed by atoms with Gasteiger partial charge < -0.3 is 9.84 Å². The molecule has 144 valence electrons. The van der Waals surface area contributed by atoms with Crippen LogP contribution in [0.25, 0.3) is 22.3 Å². The fourth-order valence-electron chi connectivity index (χ4n) is 3.11. The Morgan fingerprint density at radius 1 is 0.621 bits per heavy atom. The summed E-state index contributed by atoms with van der Waals surface area (Å²) in [5, 5.41) is 9.37. The lowest BCUT2D eigenvalue weighted by atomic mass is 9.98. The lowest BCUT2D eigenvalue weighted by Crippen LogP contribution is -1.96. The average molecular weight is 388 g/mol. The van der Waals surface area contributed by atoms with Gasteiger partial charge in [0.2, 0.25) is 0 Å². The molecule has 0 aliphatic carbocycles. The molecular formula is C25H18F2O2. The maximum absolute atomic E-state index is 14.7. The Labute approximate surface area is 167 Å². The van der Waals surface area contributed by atoms with Gasteiger partial charge in [-0.15, -0.1) is 0 Å². The highest BCUT2D eigenvalue weighted by Crippen LogP contribution is 2.32. The zero-order valence-electron chi connectivity index (χ0n) is 15.5. The Morgan fingerprint density at radius 2 is 1.14 bits per heavy atom. The Bertz CT molecular complexity index is 1110. The SMILES string of the molecule is Oc1ccc(-c2ccc(-c3ccc(OCc4ccccc4)cc3)c(F)c2F)cc1. The molecule has 0 amide bonds. The standard InChI is InChI=1S/C25H18F2O2/c26-24-22(18-6-10-20(28)11-7-18)14-15-23(25(24)27)19-8-12-21(13-9-19)29-16-17-4-2-1-3-5-17/h1-15,28H,16H2. The molecule has 0 atom stereocenters. The molecule has 4 aromatic carbocycles. The van der Waals surface area contributed by atoms with Gasteiger partial charge in [-0.1, -0.05) is 66.7 Å². The monoisotopic (exact) mass is 388 g/mol. The van der Waals surface area contributed by atoms with Crippen molar-refractivity contribution in [3.63, 3.8) is 0 Å². The molecule has 0 heterocycles. The van der Waals surface area contributed by atoms with Crippen molar-refractivity contribution in [2.45, 2.75) is 6.61 Å². The van der Waals surface area contributed by atoms with Crippen LogP contribution >= 0.6 is 0 Å². The van der Waals surface area contributed by atoms with E-state index in [4.69, 9.17) is 4.74 Å². The van der Waals surface area contributed by atoms with Gasteiger partial charge in [-0.2, -0.15) is 0 Å². The van der Waals surface area contributed by atoms with E-state index in [-0.39, 0.29) is 16.9 Å². The van der Waals surface area contributed by atoms with Crippen LogP contribution in [0, 0.1) is 11.6 Å².